The van der Waals surface area contributed by atoms with Crippen molar-refractivity contribution in [1.82, 2.24) is 4.90 Å². The topological polar surface area (TPSA) is 67.6 Å². The first-order chi connectivity index (χ1) is 12.0. The van der Waals surface area contributed by atoms with Crippen molar-refractivity contribution in [3.8, 4) is 5.75 Å². The third-order valence-corrected chi connectivity index (χ3v) is 3.73. The molecule has 0 bridgehead atoms. The van der Waals surface area contributed by atoms with Crippen LogP contribution in [-0.2, 0) is 6.54 Å². The van der Waals surface area contributed by atoms with Gasteiger partial charge in [0.2, 0.25) is 5.91 Å². The van der Waals surface area contributed by atoms with E-state index in [4.69, 9.17) is 10.5 Å². The predicted molar refractivity (Wildman–Crippen MR) is 103 cm³/mol. The van der Waals surface area contributed by atoms with Crippen LogP contribution in [0.4, 0.5) is 5.69 Å². The van der Waals surface area contributed by atoms with Gasteiger partial charge in [0.1, 0.15) is 5.75 Å². The zero-order valence-electron chi connectivity index (χ0n) is 15.0. The molecule has 5 nitrogen and oxygen atoms in total. The highest BCUT2D eigenvalue weighted by atomic mass is 16.5. The lowest BCUT2D eigenvalue weighted by molar-refractivity contribution is 0.100. The number of methoxy groups -OCH3 is 1. The minimum absolute atomic E-state index is 0.427. The van der Waals surface area contributed by atoms with Gasteiger partial charge < -0.3 is 20.7 Å². The number of hydrogen-bond acceptors (Lipinski definition) is 4. The molecule has 0 saturated heterocycles. The van der Waals surface area contributed by atoms with Gasteiger partial charge in [-0.1, -0.05) is 36.4 Å². The van der Waals surface area contributed by atoms with Crippen molar-refractivity contribution in [2.75, 3.05) is 33.1 Å². The largest absolute Gasteiger partial charge is 0.496 e. The second kappa shape index (κ2) is 8.89. The van der Waals surface area contributed by atoms with Gasteiger partial charge in [-0.25, -0.2) is 0 Å². The molecule has 5 heteroatoms. The summed E-state index contributed by atoms with van der Waals surface area (Å²) in [5.41, 5.74) is 8.93. The molecule has 132 valence electrons. The lowest BCUT2D eigenvalue weighted by Crippen LogP contribution is -2.15. The summed E-state index contributed by atoms with van der Waals surface area (Å²) >= 11 is 0. The molecule has 0 atom stereocenters. The number of nitrogens with zero attached hydrogens (tertiary/aromatic N) is 1. The third-order valence-electron chi connectivity index (χ3n) is 3.73. The SMILES string of the molecule is COc1ccccc1/C=C/CNc1cc(C(N)=O)ccc1CN(C)C. The Morgan fingerprint density at radius 1 is 1.24 bits per heavy atom. The van der Waals surface area contributed by atoms with Crippen molar-refractivity contribution in [1.29, 1.82) is 0 Å². The lowest BCUT2D eigenvalue weighted by Gasteiger charge is -2.16. The normalized spacial score (nSPS) is 11.0. The van der Waals surface area contributed by atoms with E-state index >= 15 is 0 Å². The molecule has 2 aromatic carbocycles. The number of carbonyl (C=O) groups excluding carboxylic acids is 1. The van der Waals surface area contributed by atoms with E-state index in [0.717, 1.165) is 29.1 Å². The molecule has 0 aromatic heterocycles. The van der Waals surface area contributed by atoms with E-state index < -0.39 is 5.91 Å². The fourth-order valence-electron chi connectivity index (χ4n) is 2.53. The number of hydrogen-bond donors (Lipinski definition) is 2. The molecule has 0 aliphatic carbocycles. The van der Waals surface area contributed by atoms with E-state index in [1.54, 1.807) is 19.2 Å². The van der Waals surface area contributed by atoms with Gasteiger partial charge in [-0.15, -0.1) is 0 Å². The number of amides is 1. The van der Waals surface area contributed by atoms with Crippen molar-refractivity contribution in [3.63, 3.8) is 0 Å². The molecule has 25 heavy (non-hydrogen) atoms. The zero-order valence-corrected chi connectivity index (χ0v) is 15.0. The number of ether oxygens (including phenoxy) is 1. The summed E-state index contributed by atoms with van der Waals surface area (Å²) in [6, 6.07) is 13.3. The Labute approximate surface area is 149 Å². The summed E-state index contributed by atoms with van der Waals surface area (Å²) in [5.74, 6) is 0.409. The van der Waals surface area contributed by atoms with Crippen LogP contribution in [-0.4, -0.2) is 38.6 Å². The van der Waals surface area contributed by atoms with E-state index in [1.165, 1.54) is 0 Å². The second-order valence-electron chi connectivity index (χ2n) is 6.00. The molecule has 0 fully saturated rings. The summed E-state index contributed by atoms with van der Waals surface area (Å²) in [6.45, 7) is 1.40. The highest BCUT2D eigenvalue weighted by Crippen LogP contribution is 2.20. The van der Waals surface area contributed by atoms with Crippen molar-refractivity contribution in [2.24, 2.45) is 5.73 Å². The second-order valence-corrected chi connectivity index (χ2v) is 6.00. The van der Waals surface area contributed by atoms with Gasteiger partial charge in [-0.2, -0.15) is 0 Å². The molecule has 0 heterocycles. The fraction of sp³-hybridized carbons (Fsp3) is 0.250. The molecule has 0 spiro atoms. The quantitative estimate of drug-likeness (QED) is 0.776. The molecule has 0 unspecified atom stereocenters. The number of para-hydroxylation sites is 1. The molecular weight excluding hydrogens is 314 g/mol. The van der Waals surface area contributed by atoms with Crippen LogP contribution >= 0.6 is 0 Å². The lowest BCUT2D eigenvalue weighted by atomic mass is 10.1. The number of nitrogens with two attached hydrogens (primary N) is 1. The van der Waals surface area contributed by atoms with Crippen LogP contribution in [0.25, 0.3) is 6.08 Å². The molecule has 0 aliphatic heterocycles. The summed E-state index contributed by atoms with van der Waals surface area (Å²) in [5, 5.41) is 3.36. The molecule has 0 saturated carbocycles. The van der Waals surface area contributed by atoms with E-state index in [-0.39, 0.29) is 0 Å². The van der Waals surface area contributed by atoms with Gasteiger partial charge in [-0.05, 0) is 37.9 Å². The maximum Gasteiger partial charge on any atom is 0.248 e. The van der Waals surface area contributed by atoms with Gasteiger partial charge in [-0.3, -0.25) is 4.79 Å². The van der Waals surface area contributed by atoms with Crippen molar-refractivity contribution < 1.29 is 9.53 Å². The molecule has 0 radical (unpaired) electrons. The standard InChI is InChI=1S/C20H25N3O2/c1-23(2)14-17-11-10-16(20(21)24)13-18(17)22-12-6-8-15-7-4-5-9-19(15)25-3/h4-11,13,22H,12,14H2,1-3H3,(H2,21,24)/b8-6+. The van der Waals surface area contributed by atoms with Gasteiger partial charge in [0.05, 0.1) is 7.11 Å². The van der Waals surface area contributed by atoms with Crippen molar-refractivity contribution >= 4 is 17.7 Å². The zero-order chi connectivity index (χ0) is 18.2. The Morgan fingerprint density at radius 2 is 2.00 bits per heavy atom. The number of anilines is 1. The Kier molecular flexibility index (Phi) is 6.60. The van der Waals surface area contributed by atoms with Gasteiger partial charge >= 0.3 is 0 Å². The van der Waals surface area contributed by atoms with E-state index in [2.05, 4.69) is 10.2 Å². The molecular formula is C20H25N3O2. The number of benzene rings is 2. The van der Waals surface area contributed by atoms with Crippen LogP contribution in [0.1, 0.15) is 21.5 Å². The van der Waals surface area contributed by atoms with Crippen LogP contribution in [0, 0.1) is 0 Å². The Balaban J connectivity index is 2.11. The third kappa shape index (κ3) is 5.36. The maximum atomic E-state index is 11.4. The summed E-state index contributed by atoms with van der Waals surface area (Å²) in [4.78, 5) is 13.5. The van der Waals surface area contributed by atoms with Crippen molar-refractivity contribution in [3.05, 3.63) is 65.2 Å². The molecule has 0 aliphatic rings. The number of nitrogens with one attached hydrogen (secondary N) is 1. The Hall–Kier alpha value is -2.79. The van der Waals surface area contributed by atoms with Crippen LogP contribution in [0.5, 0.6) is 5.75 Å². The monoisotopic (exact) mass is 339 g/mol. The average molecular weight is 339 g/mol. The van der Waals surface area contributed by atoms with E-state index in [0.29, 0.717) is 12.1 Å². The van der Waals surface area contributed by atoms with Gasteiger partial charge in [0, 0.05) is 29.9 Å². The number of rotatable bonds is 8. The van der Waals surface area contributed by atoms with E-state index in [1.807, 2.05) is 56.6 Å². The summed E-state index contributed by atoms with van der Waals surface area (Å²) in [7, 11) is 5.68. The summed E-state index contributed by atoms with van der Waals surface area (Å²) in [6.07, 6.45) is 4.03. The average Bonchev–Trinajstić information content (AvgIpc) is 2.59. The van der Waals surface area contributed by atoms with Gasteiger partial charge in [0.25, 0.3) is 0 Å². The van der Waals surface area contributed by atoms with Crippen LogP contribution in [0.2, 0.25) is 0 Å². The van der Waals surface area contributed by atoms with Gasteiger partial charge in [0.15, 0.2) is 0 Å². The Bertz CT molecular complexity index is 754. The minimum atomic E-state index is -0.427. The minimum Gasteiger partial charge on any atom is -0.496 e. The predicted octanol–water partition coefficient (Wildman–Crippen LogP) is 2.98. The van der Waals surface area contributed by atoms with Crippen LogP contribution in [0.3, 0.4) is 0 Å². The van der Waals surface area contributed by atoms with Crippen molar-refractivity contribution in [2.45, 2.75) is 6.54 Å². The molecule has 1 amide bonds. The highest BCUT2D eigenvalue weighted by Gasteiger charge is 2.07. The fourth-order valence-corrected chi connectivity index (χ4v) is 2.53. The highest BCUT2D eigenvalue weighted by molar-refractivity contribution is 5.94. The first kappa shape index (κ1) is 18.5. The molecule has 2 aromatic rings. The molecule has 2 rings (SSSR count). The number of carbonyl (C=O) groups is 1. The van der Waals surface area contributed by atoms with E-state index in [9.17, 15) is 4.79 Å². The molecule has 3 N–H and O–H groups in total. The smallest absolute Gasteiger partial charge is 0.248 e. The maximum absolute atomic E-state index is 11.4. The Morgan fingerprint density at radius 3 is 2.68 bits per heavy atom. The number of primary amides is 1. The van der Waals surface area contributed by atoms with Crippen LogP contribution < -0.4 is 15.8 Å². The first-order valence-electron chi connectivity index (χ1n) is 8.12. The van der Waals surface area contributed by atoms with Crippen LogP contribution in [0.15, 0.2) is 48.5 Å². The summed E-state index contributed by atoms with van der Waals surface area (Å²) < 4.78 is 5.34. The first-order valence-corrected chi connectivity index (χ1v) is 8.12.